The molecule has 2 atom stereocenters. The largest absolute Gasteiger partial charge is 0.393 e. The average Bonchev–Trinajstić information content (AvgIpc) is 2.34. The molecule has 1 fully saturated rings. The fourth-order valence-electron chi connectivity index (χ4n) is 2.16. The number of rotatable bonds is 3. The van der Waals surface area contributed by atoms with Crippen molar-refractivity contribution in [2.75, 3.05) is 19.6 Å². The molecule has 5 nitrogen and oxygen atoms in total. The molecule has 1 saturated heterocycles. The number of aliphatic hydroxyl groups is 1. The Labute approximate surface area is 115 Å². The number of likely N-dealkylation sites (tertiary alicyclic amines) is 1. The third-order valence-corrected chi connectivity index (χ3v) is 3.57. The van der Waals surface area contributed by atoms with Gasteiger partial charge in [-0.05, 0) is 19.8 Å². The second-order valence-electron chi connectivity index (χ2n) is 6.42. The molecular formula is C14H26N2O3. The SMILES string of the molecule is CC(O)C1CCCN(C(=O)CNC(=O)C(C)(C)C)C1. The Kier molecular flexibility index (Phi) is 5.35. The van der Waals surface area contributed by atoms with Crippen LogP contribution in [0, 0.1) is 11.3 Å². The van der Waals surface area contributed by atoms with Crippen molar-refractivity contribution in [1.82, 2.24) is 10.2 Å². The molecule has 0 bridgehead atoms. The minimum atomic E-state index is -0.482. The van der Waals surface area contributed by atoms with E-state index in [1.165, 1.54) is 0 Å². The molecule has 2 unspecified atom stereocenters. The van der Waals surface area contributed by atoms with Gasteiger partial charge in [-0.3, -0.25) is 9.59 Å². The molecule has 110 valence electrons. The summed E-state index contributed by atoms with van der Waals surface area (Å²) in [6.45, 7) is 8.56. The van der Waals surface area contributed by atoms with E-state index in [4.69, 9.17) is 0 Å². The molecule has 0 aromatic heterocycles. The summed E-state index contributed by atoms with van der Waals surface area (Å²) in [4.78, 5) is 25.5. The lowest BCUT2D eigenvalue weighted by Gasteiger charge is -2.34. The Balaban J connectivity index is 2.43. The van der Waals surface area contributed by atoms with Crippen molar-refractivity contribution < 1.29 is 14.7 Å². The summed E-state index contributed by atoms with van der Waals surface area (Å²) in [5.74, 6) is -0.0381. The molecule has 2 N–H and O–H groups in total. The summed E-state index contributed by atoms with van der Waals surface area (Å²) in [5, 5.41) is 12.3. The molecule has 0 spiro atoms. The maximum absolute atomic E-state index is 12.0. The van der Waals surface area contributed by atoms with E-state index >= 15 is 0 Å². The van der Waals surface area contributed by atoms with E-state index < -0.39 is 5.41 Å². The van der Waals surface area contributed by atoms with Gasteiger partial charge in [0.25, 0.3) is 0 Å². The Morgan fingerprint density at radius 2 is 2.05 bits per heavy atom. The van der Waals surface area contributed by atoms with Crippen molar-refractivity contribution in [2.45, 2.75) is 46.6 Å². The van der Waals surface area contributed by atoms with Crippen LogP contribution in [0.25, 0.3) is 0 Å². The maximum Gasteiger partial charge on any atom is 0.241 e. The van der Waals surface area contributed by atoms with Gasteiger partial charge in [-0.25, -0.2) is 0 Å². The summed E-state index contributed by atoms with van der Waals surface area (Å²) in [7, 11) is 0. The molecule has 0 aliphatic carbocycles. The number of hydrogen-bond acceptors (Lipinski definition) is 3. The highest BCUT2D eigenvalue weighted by atomic mass is 16.3. The third-order valence-electron chi connectivity index (χ3n) is 3.57. The molecular weight excluding hydrogens is 244 g/mol. The predicted octanol–water partition coefficient (Wildman–Crippen LogP) is 0.768. The molecule has 1 aliphatic heterocycles. The van der Waals surface area contributed by atoms with E-state index in [2.05, 4.69) is 5.32 Å². The number of carbonyl (C=O) groups excluding carboxylic acids is 2. The van der Waals surface area contributed by atoms with Crippen LogP contribution in [-0.4, -0.2) is 47.6 Å². The van der Waals surface area contributed by atoms with E-state index in [9.17, 15) is 14.7 Å². The van der Waals surface area contributed by atoms with Crippen LogP contribution < -0.4 is 5.32 Å². The first kappa shape index (κ1) is 16.0. The second kappa shape index (κ2) is 6.37. The van der Waals surface area contributed by atoms with Crippen LogP contribution in [0.1, 0.15) is 40.5 Å². The Bertz CT molecular complexity index is 334. The zero-order valence-electron chi connectivity index (χ0n) is 12.4. The van der Waals surface area contributed by atoms with Crippen molar-refractivity contribution in [3.05, 3.63) is 0 Å². The molecule has 0 aromatic rings. The molecule has 0 aromatic carbocycles. The minimum Gasteiger partial charge on any atom is -0.393 e. The monoisotopic (exact) mass is 270 g/mol. The third kappa shape index (κ3) is 4.82. The molecule has 0 saturated carbocycles. The highest BCUT2D eigenvalue weighted by molar-refractivity contribution is 5.87. The smallest absolute Gasteiger partial charge is 0.241 e. The van der Waals surface area contributed by atoms with Crippen LogP contribution in [0.2, 0.25) is 0 Å². The van der Waals surface area contributed by atoms with Crippen LogP contribution in [0.4, 0.5) is 0 Å². The molecule has 1 heterocycles. The zero-order chi connectivity index (χ0) is 14.6. The zero-order valence-corrected chi connectivity index (χ0v) is 12.4. The first-order valence-corrected chi connectivity index (χ1v) is 6.96. The molecule has 1 rings (SSSR count). The number of aliphatic hydroxyl groups excluding tert-OH is 1. The summed E-state index contributed by atoms with van der Waals surface area (Å²) >= 11 is 0. The topological polar surface area (TPSA) is 69.6 Å². The van der Waals surface area contributed by atoms with E-state index in [-0.39, 0.29) is 30.4 Å². The highest BCUT2D eigenvalue weighted by Crippen LogP contribution is 2.19. The van der Waals surface area contributed by atoms with Crippen LogP contribution in [0.15, 0.2) is 0 Å². The van der Waals surface area contributed by atoms with Crippen molar-refractivity contribution in [3.8, 4) is 0 Å². The number of piperidine rings is 1. The Morgan fingerprint density at radius 3 is 2.58 bits per heavy atom. The quantitative estimate of drug-likeness (QED) is 0.796. The van der Waals surface area contributed by atoms with Gasteiger partial charge < -0.3 is 15.3 Å². The Morgan fingerprint density at radius 1 is 1.42 bits per heavy atom. The van der Waals surface area contributed by atoms with Gasteiger partial charge in [-0.2, -0.15) is 0 Å². The Hall–Kier alpha value is -1.10. The van der Waals surface area contributed by atoms with Gasteiger partial charge in [0.2, 0.25) is 11.8 Å². The number of hydrogen-bond donors (Lipinski definition) is 2. The van der Waals surface area contributed by atoms with Crippen LogP contribution in [0.5, 0.6) is 0 Å². The lowest BCUT2D eigenvalue weighted by atomic mass is 9.93. The first-order valence-electron chi connectivity index (χ1n) is 6.96. The van der Waals surface area contributed by atoms with Gasteiger partial charge in [0.05, 0.1) is 12.6 Å². The van der Waals surface area contributed by atoms with Gasteiger partial charge in [0, 0.05) is 24.4 Å². The molecule has 19 heavy (non-hydrogen) atoms. The molecule has 0 radical (unpaired) electrons. The van der Waals surface area contributed by atoms with Crippen molar-refractivity contribution in [1.29, 1.82) is 0 Å². The number of carbonyl (C=O) groups is 2. The minimum absolute atomic E-state index is 0.0443. The van der Waals surface area contributed by atoms with Gasteiger partial charge in [-0.1, -0.05) is 20.8 Å². The number of nitrogens with zero attached hydrogens (tertiary/aromatic N) is 1. The normalized spacial score (nSPS) is 21.9. The summed E-state index contributed by atoms with van der Waals surface area (Å²) in [6.07, 6.45) is 1.48. The van der Waals surface area contributed by atoms with Gasteiger partial charge >= 0.3 is 0 Å². The van der Waals surface area contributed by atoms with Gasteiger partial charge in [-0.15, -0.1) is 0 Å². The van der Waals surface area contributed by atoms with Crippen LogP contribution in [-0.2, 0) is 9.59 Å². The fraction of sp³-hybridized carbons (Fsp3) is 0.857. The van der Waals surface area contributed by atoms with Gasteiger partial charge in [0.1, 0.15) is 0 Å². The van der Waals surface area contributed by atoms with Crippen LogP contribution in [0.3, 0.4) is 0 Å². The lowest BCUT2D eigenvalue weighted by molar-refractivity contribution is -0.136. The lowest BCUT2D eigenvalue weighted by Crippen LogP contribution is -2.48. The second-order valence-corrected chi connectivity index (χ2v) is 6.42. The fourth-order valence-corrected chi connectivity index (χ4v) is 2.16. The van der Waals surface area contributed by atoms with E-state index in [1.54, 1.807) is 11.8 Å². The molecule has 2 amide bonds. The van der Waals surface area contributed by atoms with Crippen molar-refractivity contribution in [3.63, 3.8) is 0 Å². The number of nitrogens with one attached hydrogen (secondary N) is 1. The molecule has 5 heteroatoms. The summed E-state index contributed by atoms with van der Waals surface area (Å²) < 4.78 is 0. The molecule has 1 aliphatic rings. The van der Waals surface area contributed by atoms with E-state index in [1.807, 2.05) is 20.8 Å². The summed E-state index contributed by atoms with van der Waals surface area (Å²) in [5.41, 5.74) is -0.482. The van der Waals surface area contributed by atoms with Crippen molar-refractivity contribution in [2.24, 2.45) is 11.3 Å². The van der Waals surface area contributed by atoms with Gasteiger partial charge in [0.15, 0.2) is 0 Å². The van der Waals surface area contributed by atoms with Crippen LogP contribution >= 0.6 is 0 Å². The summed E-state index contributed by atoms with van der Waals surface area (Å²) in [6, 6.07) is 0. The maximum atomic E-state index is 12.0. The highest BCUT2D eigenvalue weighted by Gasteiger charge is 2.27. The first-order chi connectivity index (χ1) is 8.71. The predicted molar refractivity (Wildman–Crippen MR) is 73.4 cm³/mol. The number of amides is 2. The van der Waals surface area contributed by atoms with E-state index in [0.29, 0.717) is 13.1 Å². The van der Waals surface area contributed by atoms with E-state index in [0.717, 1.165) is 12.8 Å². The standard InChI is InChI=1S/C14H26N2O3/c1-10(17)11-6-5-7-16(9-11)12(18)8-15-13(19)14(2,3)4/h10-11,17H,5-9H2,1-4H3,(H,15,19). The van der Waals surface area contributed by atoms with Crippen molar-refractivity contribution >= 4 is 11.8 Å². The average molecular weight is 270 g/mol.